The Morgan fingerprint density at radius 3 is 2.56 bits per heavy atom. The molecule has 0 saturated carbocycles. The Balaban J connectivity index is 2.00. The molecule has 5 nitrogen and oxygen atoms in total. The second kappa shape index (κ2) is 6.16. The third-order valence-corrected chi connectivity index (χ3v) is 2.85. The van der Waals surface area contributed by atoms with Crippen molar-refractivity contribution >= 4 is 17.9 Å². The molecule has 2 rings (SSSR count). The van der Waals surface area contributed by atoms with Crippen LogP contribution >= 0.6 is 0 Å². The molecule has 0 spiro atoms. The van der Waals surface area contributed by atoms with E-state index in [1.165, 1.54) is 0 Å². The number of amides is 1. The minimum absolute atomic E-state index is 0.0457. The maximum absolute atomic E-state index is 11.6. The first-order chi connectivity index (χ1) is 8.81. The Bertz CT molecular complexity index is 411. The minimum Gasteiger partial charge on any atom is -0.378 e. The summed E-state index contributed by atoms with van der Waals surface area (Å²) >= 11 is 0. The van der Waals surface area contributed by atoms with Gasteiger partial charge in [-0.05, 0) is 24.3 Å². The van der Waals surface area contributed by atoms with Crippen LogP contribution in [0.3, 0.4) is 0 Å². The number of ether oxygens (including phenoxy) is 1. The van der Waals surface area contributed by atoms with Crippen LogP contribution in [0.4, 0.5) is 5.69 Å². The maximum Gasteiger partial charge on any atom is 0.251 e. The topological polar surface area (TPSA) is 58.6 Å². The molecule has 1 aromatic carbocycles. The van der Waals surface area contributed by atoms with Gasteiger partial charge in [0.2, 0.25) is 0 Å². The SMILES string of the molecule is O=CCNC(=O)c1ccc(N2CCOCC2)cc1. The molecule has 1 N–H and O–H groups in total. The number of carbonyl (C=O) groups is 2. The van der Waals surface area contributed by atoms with Gasteiger partial charge in [0, 0.05) is 24.3 Å². The van der Waals surface area contributed by atoms with Crippen molar-refractivity contribution in [2.75, 3.05) is 37.7 Å². The summed E-state index contributed by atoms with van der Waals surface area (Å²) in [4.78, 5) is 24.0. The number of hydrogen-bond acceptors (Lipinski definition) is 4. The average Bonchev–Trinajstić information content (AvgIpc) is 2.46. The lowest BCUT2D eigenvalue weighted by atomic mass is 10.1. The zero-order valence-electron chi connectivity index (χ0n) is 10.1. The molecular weight excluding hydrogens is 232 g/mol. The lowest BCUT2D eigenvalue weighted by Gasteiger charge is -2.28. The summed E-state index contributed by atoms with van der Waals surface area (Å²) in [7, 11) is 0. The summed E-state index contributed by atoms with van der Waals surface area (Å²) in [5.74, 6) is -0.226. The molecule has 1 aliphatic heterocycles. The summed E-state index contributed by atoms with van der Waals surface area (Å²) in [6, 6.07) is 7.37. The zero-order chi connectivity index (χ0) is 12.8. The smallest absolute Gasteiger partial charge is 0.251 e. The summed E-state index contributed by atoms with van der Waals surface area (Å²) in [5.41, 5.74) is 1.65. The van der Waals surface area contributed by atoms with Crippen molar-refractivity contribution in [1.29, 1.82) is 0 Å². The minimum atomic E-state index is -0.226. The lowest BCUT2D eigenvalue weighted by Crippen LogP contribution is -2.36. The highest BCUT2D eigenvalue weighted by Gasteiger charge is 2.11. The molecule has 1 amide bonds. The average molecular weight is 248 g/mol. The summed E-state index contributed by atoms with van der Waals surface area (Å²) in [6.45, 7) is 3.26. The number of nitrogens with one attached hydrogen (secondary N) is 1. The third kappa shape index (κ3) is 3.07. The highest BCUT2D eigenvalue weighted by molar-refractivity contribution is 5.95. The van der Waals surface area contributed by atoms with Crippen LogP contribution in [-0.4, -0.2) is 45.0 Å². The van der Waals surface area contributed by atoms with E-state index in [1.54, 1.807) is 12.1 Å². The van der Waals surface area contributed by atoms with Crippen LogP contribution in [0, 0.1) is 0 Å². The largest absolute Gasteiger partial charge is 0.378 e. The second-order valence-electron chi connectivity index (χ2n) is 4.02. The van der Waals surface area contributed by atoms with Crippen molar-refractivity contribution in [2.45, 2.75) is 0 Å². The molecule has 1 fully saturated rings. The van der Waals surface area contributed by atoms with E-state index >= 15 is 0 Å². The molecular formula is C13H16N2O3. The highest BCUT2D eigenvalue weighted by Crippen LogP contribution is 2.16. The number of morpholine rings is 1. The molecule has 96 valence electrons. The van der Waals surface area contributed by atoms with Gasteiger partial charge in [-0.2, -0.15) is 0 Å². The molecule has 0 aromatic heterocycles. The number of rotatable bonds is 4. The van der Waals surface area contributed by atoms with Crippen molar-refractivity contribution in [3.8, 4) is 0 Å². The Morgan fingerprint density at radius 1 is 1.28 bits per heavy atom. The van der Waals surface area contributed by atoms with Crippen LogP contribution in [0.25, 0.3) is 0 Å². The quantitative estimate of drug-likeness (QED) is 0.786. The first kappa shape index (κ1) is 12.6. The lowest BCUT2D eigenvalue weighted by molar-refractivity contribution is -0.107. The molecule has 1 heterocycles. The molecule has 0 bridgehead atoms. The number of carbonyl (C=O) groups excluding carboxylic acids is 2. The van der Waals surface area contributed by atoms with Crippen LogP contribution in [0.15, 0.2) is 24.3 Å². The maximum atomic E-state index is 11.6. The molecule has 5 heteroatoms. The predicted molar refractivity (Wildman–Crippen MR) is 67.9 cm³/mol. The molecule has 0 atom stereocenters. The molecule has 0 radical (unpaired) electrons. The Kier molecular flexibility index (Phi) is 4.30. The van der Waals surface area contributed by atoms with Gasteiger partial charge in [-0.25, -0.2) is 0 Å². The van der Waals surface area contributed by atoms with Crippen molar-refractivity contribution in [3.63, 3.8) is 0 Å². The number of nitrogens with zero attached hydrogens (tertiary/aromatic N) is 1. The first-order valence-electron chi connectivity index (χ1n) is 5.96. The number of anilines is 1. The highest BCUT2D eigenvalue weighted by atomic mass is 16.5. The van der Waals surface area contributed by atoms with Crippen molar-refractivity contribution in [2.24, 2.45) is 0 Å². The number of hydrogen-bond donors (Lipinski definition) is 1. The monoisotopic (exact) mass is 248 g/mol. The third-order valence-electron chi connectivity index (χ3n) is 2.85. The fraction of sp³-hybridized carbons (Fsp3) is 0.385. The van der Waals surface area contributed by atoms with Crippen molar-refractivity contribution in [3.05, 3.63) is 29.8 Å². The molecule has 0 unspecified atom stereocenters. The van der Waals surface area contributed by atoms with Gasteiger partial charge in [0.1, 0.15) is 6.29 Å². The van der Waals surface area contributed by atoms with E-state index in [0.29, 0.717) is 11.8 Å². The molecule has 1 aromatic rings. The van der Waals surface area contributed by atoms with E-state index in [9.17, 15) is 9.59 Å². The van der Waals surface area contributed by atoms with E-state index in [4.69, 9.17) is 4.74 Å². The van der Waals surface area contributed by atoms with Gasteiger partial charge in [-0.1, -0.05) is 0 Å². The van der Waals surface area contributed by atoms with E-state index < -0.39 is 0 Å². The number of benzene rings is 1. The molecule has 18 heavy (non-hydrogen) atoms. The van der Waals surface area contributed by atoms with Crippen LogP contribution in [0.1, 0.15) is 10.4 Å². The van der Waals surface area contributed by atoms with Crippen LogP contribution in [-0.2, 0) is 9.53 Å². The Hall–Kier alpha value is -1.88. The van der Waals surface area contributed by atoms with E-state index in [0.717, 1.165) is 32.0 Å². The van der Waals surface area contributed by atoms with Gasteiger partial charge in [-0.3, -0.25) is 4.79 Å². The fourth-order valence-corrected chi connectivity index (χ4v) is 1.88. The van der Waals surface area contributed by atoms with Gasteiger partial charge in [0.05, 0.1) is 19.8 Å². The Morgan fingerprint density at radius 2 is 1.94 bits per heavy atom. The number of aldehydes is 1. The van der Waals surface area contributed by atoms with Gasteiger partial charge in [-0.15, -0.1) is 0 Å². The molecule has 1 saturated heterocycles. The van der Waals surface area contributed by atoms with Gasteiger partial charge in [0.25, 0.3) is 5.91 Å². The second-order valence-corrected chi connectivity index (χ2v) is 4.02. The molecule has 0 aliphatic carbocycles. The Labute approximate surface area is 106 Å². The van der Waals surface area contributed by atoms with Crippen molar-refractivity contribution < 1.29 is 14.3 Å². The summed E-state index contributed by atoms with van der Waals surface area (Å²) < 4.78 is 5.29. The fourth-order valence-electron chi connectivity index (χ4n) is 1.88. The summed E-state index contributed by atoms with van der Waals surface area (Å²) in [5, 5.41) is 2.51. The van der Waals surface area contributed by atoms with E-state index in [2.05, 4.69) is 10.2 Å². The van der Waals surface area contributed by atoms with Crippen LogP contribution in [0.2, 0.25) is 0 Å². The molecule has 1 aliphatic rings. The van der Waals surface area contributed by atoms with Gasteiger partial charge in [0.15, 0.2) is 0 Å². The van der Waals surface area contributed by atoms with Gasteiger partial charge >= 0.3 is 0 Å². The van der Waals surface area contributed by atoms with Crippen molar-refractivity contribution in [1.82, 2.24) is 5.32 Å². The standard InChI is InChI=1S/C13H16N2O3/c16-8-5-14-13(17)11-1-3-12(4-2-11)15-6-9-18-10-7-15/h1-4,8H,5-7,9-10H2,(H,14,17). The zero-order valence-corrected chi connectivity index (χ0v) is 10.1. The van der Waals surface area contributed by atoms with Gasteiger partial charge < -0.3 is 19.7 Å². The predicted octanol–water partition coefficient (Wildman–Crippen LogP) is 0.452. The van der Waals surface area contributed by atoms with Crippen LogP contribution < -0.4 is 10.2 Å². The van der Waals surface area contributed by atoms with E-state index in [-0.39, 0.29) is 12.5 Å². The normalized spacial score (nSPS) is 15.2. The summed E-state index contributed by atoms with van der Waals surface area (Å²) in [6.07, 6.45) is 0.667. The van der Waals surface area contributed by atoms with E-state index in [1.807, 2.05) is 12.1 Å². The first-order valence-corrected chi connectivity index (χ1v) is 5.96. The van der Waals surface area contributed by atoms with Crippen LogP contribution in [0.5, 0.6) is 0 Å².